The van der Waals surface area contributed by atoms with Crippen LogP contribution in [-0.2, 0) is 6.42 Å². The summed E-state index contributed by atoms with van der Waals surface area (Å²) in [5.41, 5.74) is 1.37. The first-order chi connectivity index (χ1) is 8.88. The number of rotatable bonds is 6. The van der Waals surface area contributed by atoms with Gasteiger partial charge in [0, 0.05) is 12.4 Å². The van der Waals surface area contributed by atoms with Crippen LogP contribution in [0.4, 0.5) is 0 Å². The first-order valence-electron chi connectivity index (χ1n) is 7.20. The lowest BCUT2D eigenvalue weighted by Gasteiger charge is -2.31. The maximum atomic E-state index is 4.04. The van der Waals surface area contributed by atoms with Gasteiger partial charge in [-0.25, -0.2) is 0 Å². The summed E-state index contributed by atoms with van der Waals surface area (Å²) in [6.45, 7) is 8.30. The smallest absolute Gasteiger partial charge is 0.0270 e. The van der Waals surface area contributed by atoms with E-state index in [0.717, 1.165) is 18.9 Å². The van der Waals surface area contributed by atoms with Crippen molar-refractivity contribution in [1.82, 2.24) is 15.2 Å². The summed E-state index contributed by atoms with van der Waals surface area (Å²) in [6.07, 6.45) is 7.56. The quantitative estimate of drug-likeness (QED) is 0.779. The van der Waals surface area contributed by atoms with Gasteiger partial charge in [0.25, 0.3) is 0 Å². The van der Waals surface area contributed by atoms with E-state index in [4.69, 9.17) is 0 Å². The van der Waals surface area contributed by atoms with E-state index < -0.39 is 0 Å². The predicted molar refractivity (Wildman–Crippen MR) is 75.6 cm³/mol. The fourth-order valence-electron chi connectivity index (χ4n) is 2.60. The van der Waals surface area contributed by atoms with E-state index >= 15 is 0 Å². The summed E-state index contributed by atoms with van der Waals surface area (Å²) in [5, 5.41) is 3.60. The van der Waals surface area contributed by atoms with Gasteiger partial charge in [0.05, 0.1) is 0 Å². The van der Waals surface area contributed by atoms with Crippen molar-refractivity contribution in [3.63, 3.8) is 0 Å². The van der Waals surface area contributed by atoms with Crippen LogP contribution in [-0.4, -0.2) is 42.6 Å². The van der Waals surface area contributed by atoms with Crippen LogP contribution in [0.15, 0.2) is 24.5 Å². The monoisotopic (exact) mass is 247 g/mol. The zero-order valence-corrected chi connectivity index (χ0v) is 11.4. The Morgan fingerprint density at radius 3 is 2.67 bits per heavy atom. The fourth-order valence-corrected chi connectivity index (χ4v) is 2.60. The number of nitrogens with one attached hydrogen (secondary N) is 1. The van der Waals surface area contributed by atoms with Crippen LogP contribution in [0.2, 0.25) is 0 Å². The van der Waals surface area contributed by atoms with E-state index in [9.17, 15) is 0 Å². The number of hydrogen-bond donors (Lipinski definition) is 1. The minimum atomic E-state index is 0.880. The Morgan fingerprint density at radius 1 is 1.28 bits per heavy atom. The Morgan fingerprint density at radius 2 is 2.00 bits per heavy atom. The Balaban J connectivity index is 1.56. The molecule has 18 heavy (non-hydrogen) atoms. The number of nitrogens with zero attached hydrogens (tertiary/aromatic N) is 2. The number of likely N-dealkylation sites (tertiary alicyclic amines) is 1. The van der Waals surface area contributed by atoms with Gasteiger partial charge in [-0.3, -0.25) is 4.98 Å². The van der Waals surface area contributed by atoms with E-state index in [1.807, 2.05) is 12.4 Å². The summed E-state index contributed by atoms with van der Waals surface area (Å²) in [5.74, 6) is 0.880. The van der Waals surface area contributed by atoms with Crippen LogP contribution in [0, 0.1) is 5.92 Å². The summed E-state index contributed by atoms with van der Waals surface area (Å²) in [7, 11) is 0. The summed E-state index contributed by atoms with van der Waals surface area (Å²) < 4.78 is 0. The van der Waals surface area contributed by atoms with Crippen molar-refractivity contribution in [1.29, 1.82) is 0 Å². The average Bonchev–Trinajstić information content (AvgIpc) is 2.45. The molecule has 1 aromatic rings. The van der Waals surface area contributed by atoms with Crippen molar-refractivity contribution >= 4 is 0 Å². The Labute approximate surface area is 111 Å². The molecule has 0 saturated carbocycles. The van der Waals surface area contributed by atoms with Crippen molar-refractivity contribution in [3.8, 4) is 0 Å². The summed E-state index contributed by atoms with van der Waals surface area (Å²) in [4.78, 5) is 6.59. The van der Waals surface area contributed by atoms with Crippen LogP contribution < -0.4 is 5.32 Å². The third-order valence-electron chi connectivity index (χ3n) is 3.93. The van der Waals surface area contributed by atoms with Crippen molar-refractivity contribution in [2.45, 2.75) is 26.2 Å². The molecule has 2 rings (SSSR count). The normalized spacial score (nSPS) is 18.1. The molecule has 0 unspecified atom stereocenters. The van der Waals surface area contributed by atoms with Gasteiger partial charge in [-0.1, -0.05) is 6.92 Å². The second-order valence-electron chi connectivity index (χ2n) is 5.19. The molecule has 1 fully saturated rings. The average molecular weight is 247 g/mol. The highest BCUT2D eigenvalue weighted by Gasteiger charge is 2.17. The maximum Gasteiger partial charge on any atom is 0.0270 e. The standard InChI is InChI=1S/C15H25N3/c1-2-18-11-6-15(7-12-18)13-17-10-5-14-3-8-16-9-4-14/h3-4,8-9,15,17H,2,5-7,10-13H2,1H3. The first kappa shape index (κ1) is 13.5. The maximum absolute atomic E-state index is 4.04. The highest BCUT2D eigenvalue weighted by molar-refractivity contribution is 5.09. The topological polar surface area (TPSA) is 28.2 Å². The molecule has 0 bridgehead atoms. The molecule has 0 spiro atoms. The molecule has 3 heteroatoms. The van der Waals surface area contributed by atoms with E-state index in [1.54, 1.807) is 0 Å². The van der Waals surface area contributed by atoms with E-state index in [0.29, 0.717) is 0 Å². The third-order valence-corrected chi connectivity index (χ3v) is 3.93. The number of pyridine rings is 1. The minimum absolute atomic E-state index is 0.880. The largest absolute Gasteiger partial charge is 0.316 e. The van der Waals surface area contributed by atoms with Crippen LogP contribution in [0.3, 0.4) is 0 Å². The molecular formula is C15H25N3. The number of piperidine rings is 1. The number of aromatic nitrogens is 1. The van der Waals surface area contributed by atoms with Gasteiger partial charge in [-0.15, -0.1) is 0 Å². The van der Waals surface area contributed by atoms with Gasteiger partial charge in [0.2, 0.25) is 0 Å². The van der Waals surface area contributed by atoms with Crippen LogP contribution in [0.1, 0.15) is 25.3 Å². The van der Waals surface area contributed by atoms with Crippen LogP contribution >= 0.6 is 0 Å². The second-order valence-corrected chi connectivity index (χ2v) is 5.19. The van der Waals surface area contributed by atoms with Gasteiger partial charge in [0.15, 0.2) is 0 Å². The fraction of sp³-hybridized carbons (Fsp3) is 0.667. The molecule has 0 atom stereocenters. The molecule has 2 heterocycles. The SMILES string of the molecule is CCN1CCC(CNCCc2ccncc2)CC1. The molecule has 3 nitrogen and oxygen atoms in total. The third kappa shape index (κ3) is 4.39. The van der Waals surface area contributed by atoms with E-state index in [1.165, 1.54) is 44.6 Å². The molecular weight excluding hydrogens is 222 g/mol. The molecule has 1 N–H and O–H groups in total. The van der Waals surface area contributed by atoms with Gasteiger partial charge in [-0.05, 0) is 75.6 Å². The summed E-state index contributed by atoms with van der Waals surface area (Å²) in [6, 6.07) is 4.20. The van der Waals surface area contributed by atoms with Gasteiger partial charge >= 0.3 is 0 Å². The Hall–Kier alpha value is -0.930. The van der Waals surface area contributed by atoms with Gasteiger partial charge in [-0.2, -0.15) is 0 Å². The molecule has 1 saturated heterocycles. The molecule has 1 aromatic heterocycles. The zero-order valence-electron chi connectivity index (χ0n) is 11.4. The minimum Gasteiger partial charge on any atom is -0.316 e. The van der Waals surface area contributed by atoms with Crippen LogP contribution in [0.25, 0.3) is 0 Å². The van der Waals surface area contributed by atoms with E-state index in [-0.39, 0.29) is 0 Å². The molecule has 0 aromatic carbocycles. The van der Waals surface area contributed by atoms with Gasteiger partial charge < -0.3 is 10.2 Å². The Bertz CT molecular complexity index is 318. The lowest BCUT2D eigenvalue weighted by atomic mass is 9.97. The van der Waals surface area contributed by atoms with E-state index in [2.05, 4.69) is 34.3 Å². The predicted octanol–water partition coefficient (Wildman–Crippen LogP) is 1.95. The molecule has 100 valence electrons. The summed E-state index contributed by atoms with van der Waals surface area (Å²) >= 11 is 0. The highest BCUT2D eigenvalue weighted by Crippen LogP contribution is 2.15. The van der Waals surface area contributed by atoms with Crippen molar-refractivity contribution in [2.75, 3.05) is 32.7 Å². The van der Waals surface area contributed by atoms with Gasteiger partial charge in [0.1, 0.15) is 0 Å². The van der Waals surface area contributed by atoms with Crippen molar-refractivity contribution in [3.05, 3.63) is 30.1 Å². The zero-order chi connectivity index (χ0) is 12.6. The Kier molecular flexibility index (Phi) is 5.62. The molecule has 0 radical (unpaired) electrons. The molecule has 0 aliphatic carbocycles. The second kappa shape index (κ2) is 7.49. The number of hydrogen-bond acceptors (Lipinski definition) is 3. The first-order valence-corrected chi connectivity index (χ1v) is 7.20. The molecule has 0 amide bonds. The van der Waals surface area contributed by atoms with Crippen molar-refractivity contribution < 1.29 is 0 Å². The lowest BCUT2D eigenvalue weighted by Crippen LogP contribution is -2.37. The van der Waals surface area contributed by atoms with Crippen LogP contribution in [0.5, 0.6) is 0 Å². The highest BCUT2D eigenvalue weighted by atomic mass is 15.1. The molecule has 1 aliphatic rings. The van der Waals surface area contributed by atoms with Crippen molar-refractivity contribution in [2.24, 2.45) is 5.92 Å². The lowest BCUT2D eigenvalue weighted by molar-refractivity contribution is 0.190. The molecule has 1 aliphatic heterocycles.